The van der Waals surface area contributed by atoms with Crippen LogP contribution in [-0.4, -0.2) is 16.3 Å². The fourth-order valence-electron chi connectivity index (χ4n) is 1.75. The van der Waals surface area contributed by atoms with E-state index < -0.39 is 0 Å². The number of nitriles is 1. The second-order valence-corrected chi connectivity index (χ2v) is 4.62. The molecule has 92 valence electrons. The zero-order valence-corrected chi connectivity index (χ0v) is 10.2. The van der Waals surface area contributed by atoms with Gasteiger partial charge in [0.15, 0.2) is 5.82 Å². The van der Waals surface area contributed by atoms with Crippen LogP contribution in [0.3, 0.4) is 0 Å². The van der Waals surface area contributed by atoms with Crippen LogP contribution in [-0.2, 0) is 6.54 Å². The number of anilines is 2. The molecule has 1 heterocycles. The molecule has 0 unspecified atom stereocenters. The molecule has 0 bridgehead atoms. The van der Waals surface area contributed by atoms with Gasteiger partial charge < -0.3 is 11.1 Å². The zero-order valence-electron chi connectivity index (χ0n) is 10.2. The smallest absolute Gasteiger partial charge is 0.168 e. The summed E-state index contributed by atoms with van der Waals surface area (Å²) in [5.74, 6) is 1.89. The first-order valence-corrected chi connectivity index (χ1v) is 6.26. The summed E-state index contributed by atoms with van der Waals surface area (Å²) in [5.41, 5.74) is 6.40. The van der Waals surface area contributed by atoms with E-state index in [-0.39, 0.29) is 0 Å². The van der Waals surface area contributed by atoms with Crippen LogP contribution < -0.4 is 11.1 Å². The van der Waals surface area contributed by atoms with Gasteiger partial charge in [0.2, 0.25) is 0 Å². The highest BCUT2D eigenvalue weighted by Gasteiger charge is 2.22. The van der Waals surface area contributed by atoms with Gasteiger partial charge in [0.25, 0.3) is 0 Å². The number of nitrogen functional groups attached to an aromatic ring is 1. The molecule has 0 atom stereocenters. The van der Waals surface area contributed by atoms with Crippen molar-refractivity contribution in [3.63, 3.8) is 0 Å². The minimum atomic E-state index is 0.485. The number of rotatable bonds is 6. The van der Waals surface area contributed by atoms with Crippen LogP contribution in [0.2, 0.25) is 0 Å². The van der Waals surface area contributed by atoms with Crippen molar-refractivity contribution in [3.8, 4) is 6.07 Å². The minimum Gasteiger partial charge on any atom is -0.383 e. The third kappa shape index (κ3) is 2.70. The van der Waals surface area contributed by atoms with Gasteiger partial charge in [-0.05, 0) is 25.2 Å². The number of hydrogen-bond acceptors (Lipinski definition) is 4. The van der Waals surface area contributed by atoms with E-state index in [1.165, 1.54) is 12.8 Å². The maximum atomic E-state index is 9.10. The molecule has 0 amide bonds. The van der Waals surface area contributed by atoms with Crippen molar-refractivity contribution < 1.29 is 0 Å². The maximum Gasteiger partial charge on any atom is 0.168 e. The molecule has 0 radical (unpaired) electrons. The molecule has 2 rings (SSSR count). The lowest BCUT2D eigenvalue weighted by Gasteiger charge is -2.01. The number of nitrogens with two attached hydrogens (primary N) is 1. The fourth-order valence-corrected chi connectivity index (χ4v) is 1.75. The first kappa shape index (κ1) is 11.8. The molecule has 5 nitrogen and oxygen atoms in total. The summed E-state index contributed by atoms with van der Waals surface area (Å²) >= 11 is 0. The molecule has 1 saturated carbocycles. The standard InChI is InChI=1S/C12H19N5/c1-2-3-6-17-11(14)10(7-13)12(16-17)15-8-9-4-5-9/h9H,2-6,8,14H2,1H3,(H,15,16). The lowest BCUT2D eigenvalue weighted by atomic mass is 10.3. The van der Waals surface area contributed by atoms with E-state index in [1.807, 2.05) is 0 Å². The Hall–Kier alpha value is -1.70. The average Bonchev–Trinajstić information content (AvgIpc) is 3.10. The van der Waals surface area contributed by atoms with Gasteiger partial charge in [-0.1, -0.05) is 13.3 Å². The van der Waals surface area contributed by atoms with Crippen molar-refractivity contribution in [1.29, 1.82) is 5.26 Å². The molecular formula is C12H19N5. The van der Waals surface area contributed by atoms with E-state index in [1.54, 1.807) is 4.68 Å². The number of nitrogens with zero attached hydrogens (tertiary/aromatic N) is 3. The minimum absolute atomic E-state index is 0.485. The van der Waals surface area contributed by atoms with E-state index in [0.717, 1.165) is 31.8 Å². The quantitative estimate of drug-likeness (QED) is 0.787. The first-order chi connectivity index (χ1) is 8.26. The van der Waals surface area contributed by atoms with Crippen LogP contribution in [0, 0.1) is 17.2 Å². The van der Waals surface area contributed by atoms with Crippen molar-refractivity contribution in [2.75, 3.05) is 17.6 Å². The number of aryl methyl sites for hydroxylation is 1. The van der Waals surface area contributed by atoms with Gasteiger partial charge in [-0.25, -0.2) is 4.68 Å². The van der Waals surface area contributed by atoms with Crippen molar-refractivity contribution in [2.24, 2.45) is 5.92 Å². The van der Waals surface area contributed by atoms with Gasteiger partial charge in [0, 0.05) is 13.1 Å². The highest BCUT2D eigenvalue weighted by atomic mass is 15.3. The Morgan fingerprint density at radius 2 is 2.35 bits per heavy atom. The zero-order chi connectivity index (χ0) is 12.3. The van der Waals surface area contributed by atoms with E-state index in [4.69, 9.17) is 11.0 Å². The van der Waals surface area contributed by atoms with Crippen molar-refractivity contribution >= 4 is 11.6 Å². The molecule has 0 spiro atoms. The van der Waals surface area contributed by atoms with Gasteiger partial charge in [0.05, 0.1) is 0 Å². The van der Waals surface area contributed by atoms with E-state index in [0.29, 0.717) is 17.2 Å². The van der Waals surface area contributed by atoms with Crippen LogP contribution in [0.25, 0.3) is 0 Å². The summed E-state index contributed by atoms with van der Waals surface area (Å²) in [4.78, 5) is 0. The molecule has 1 aliphatic rings. The summed E-state index contributed by atoms with van der Waals surface area (Å²) < 4.78 is 1.73. The highest BCUT2D eigenvalue weighted by molar-refractivity contribution is 5.63. The SMILES string of the molecule is CCCCn1nc(NCC2CC2)c(C#N)c1N. The van der Waals surface area contributed by atoms with Gasteiger partial charge in [-0.2, -0.15) is 10.4 Å². The number of hydrogen-bond donors (Lipinski definition) is 2. The average molecular weight is 233 g/mol. The van der Waals surface area contributed by atoms with Gasteiger partial charge in [-0.15, -0.1) is 0 Å². The summed E-state index contributed by atoms with van der Waals surface area (Å²) in [5, 5.41) is 16.7. The van der Waals surface area contributed by atoms with Crippen LogP contribution in [0.4, 0.5) is 11.6 Å². The van der Waals surface area contributed by atoms with E-state index in [9.17, 15) is 0 Å². The Balaban J connectivity index is 2.09. The predicted molar refractivity (Wildman–Crippen MR) is 67.5 cm³/mol. The molecule has 0 aromatic carbocycles. The summed E-state index contributed by atoms with van der Waals surface area (Å²) in [6.07, 6.45) is 4.67. The molecule has 5 heteroatoms. The van der Waals surface area contributed by atoms with Crippen molar-refractivity contribution in [1.82, 2.24) is 9.78 Å². The Bertz CT molecular complexity index is 425. The first-order valence-electron chi connectivity index (χ1n) is 6.26. The third-order valence-electron chi connectivity index (χ3n) is 3.08. The summed E-state index contributed by atoms with van der Waals surface area (Å²) in [6, 6.07) is 2.13. The summed E-state index contributed by atoms with van der Waals surface area (Å²) in [7, 11) is 0. The molecule has 1 fully saturated rings. The lowest BCUT2D eigenvalue weighted by Crippen LogP contribution is -2.06. The molecule has 1 aromatic heterocycles. The van der Waals surface area contributed by atoms with Gasteiger partial charge in [-0.3, -0.25) is 0 Å². The number of unbranched alkanes of at least 4 members (excludes halogenated alkanes) is 1. The lowest BCUT2D eigenvalue weighted by molar-refractivity contribution is 0.580. The number of aromatic nitrogens is 2. The van der Waals surface area contributed by atoms with Crippen molar-refractivity contribution in [2.45, 2.75) is 39.2 Å². The Morgan fingerprint density at radius 1 is 1.59 bits per heavy atom. The monoisotopic (exact) mass is 233 g/mol. The molecular weight excluding hydrogens is 214 g/mol. The Morgan fingerprint density at radius 3 is 2.94 bits per heavy atom. The van der Waals surface area contributed by atoms with Crippen molar-refractivity contribution in [3.05, 3.63) is 5.56 Å². The van der Waals surface area contributed by atoms with E-state index in [2.05, 4.69) is 23.4 Å². The Kier molecular flexibility index (Phi) is 3.52. The van der Waals surface area contributed by atoms with Crippen LogP contribution in [0.15, 0.2) is 0 Å². The molecule has 0 aliphatic heterocycles. The highest BCUT2D eigenvalue weighted by Crippen LogP contribution is 2.30. The largest absolute Gasteiger partial charge is 0.383 e. The second kappa shape index (κ2) is 5.09. The molecule has 17 heavy (non-hydrogen) atoms. The third-order valence-corrected chi connectivity index (χ3v) is 3.08. The fraction of sp³-hybridized carbons (Fsp3) is 0.667. The van der Waals surface area contributed by atoms with Crippen LogP contribution in [0.1, 0.15) is 38.2 Å². The predicted octanol–water partition coefficient (Wildman–Crippen LogP) is 1.96. The van der Waals surface area contributed by atoms with Crippen LogP contribution >= 0.6 is 0 Å². The number of nitrogens with one attached hydrogen (secondary N) is 1. The van der Waals surface area contributed by atoms with Gasteiger partial charge >= 0.3 is 0 Å². The van der Waals surface area contributed by atoms with E-state index >= 15 is 0 Å². The normalized spacial score (nSPS) is 14.6. The molecule has 3 N–H and O–H groups in total. The molecule has 0 saturated heterocycles. The molecule has 1 aliphatic carbocycles. The maximum absolute atomic E-state index is 9.10. The second-order valence-electron chi connectivity index (χ2n) is 4.62. The topological polar surface area (TPSA) is 79.7 Å². The van der Waals surface area contributed by atoms with Crippen LogP contribution in [0.5, 0.6) is 0 Å². The Labute approximate surface area is 102 Å². The van der Waals surface area contributed by atoms with Gasteiger partial charge in [0.1, 0.15) is 17.5 Å². The summed E-state index contributed by atoms with van der Waals surface area (Å²) in [6.45, 7) is 3.80. The molecule has 1 aromatic rings.